The van der Waals surface area contributed by atoms with Gasteiger partial charge < -0.3 is 15.3 Å². The Morgan fingerprint density at radius 1 is 1.50 bits per heavy atom. The number of aliphatic hydroxyl groups is 1. The minimum Gasteiger partial charge on any atom is -0.439 e. The summed E-state index contributed by atoms with van der Waals surface area (Å²) in [4.78, 5) is 6.58. The zero-order valence-electron chi connectivity index (χ0n) is 10.2. The standard InChI is InChI=1S/C13H17N3O2/c14-10-4-1-5-11-13(10)15-12(18-11)8-16-6-2-3-9(17)7-16/h1,4-5,9,17H,2-3,6-8,14H2. The number of hydrogen-bond acceptors (Lipinski definition) is 5. The van der Waals surface area contributed by atoms with Crippen molar-refractivity contribution in [1.29, 1.82) is 0 Å². The molecule has 18 heavy (non-hydrogen) atoms. The number of fused-ring (bicyclic) bond motifs is 1. The lowest BCUT2D eigenvalue weighted by Gasteiger charge is -2.28. The first-order valence-corrected chi connectivity index (χ1v) is 6.27. The van der Waals surface area contributed by atoms with Gasteiger partial charge >= 0.3 is 0 Å². The molecule has 1 fully saturated rings. The van der Waals surface area contributed by atoms with Crippen LogP contribution >= 0.6 is 0 Å². The molecule has 96 valence electrons. The molecule has 1 unspecified atom stereocenters. The number of aromatic nitrogens is 1. The Morgan fingerprint density at radius 2 is 2.39 bits per heavy atom. The number of rotatable bonds is 2. The van der Waals surface area contributed by atoms with Crippen molar-refractivity contribution in [2.24, 2.45) is 0 Å². The predicted molar refractivity (Wildman–Crippen MR) is 68.9 cm³/mol. The molecule has 1 aliphatic rings. The first-order chi connectivity index (χ1) is 8.72. The van der Waals surface area contributed by atoms with Gasteiger partial charge in [0.05, 0.1) is 18.3 Å². The van der Waals surface area contributed by atoms with Crippen LogP contribution in [0.4, 0.5) is 5.69 Å². The minimum atomic E-state index is -0.229. The highest BCUT2D eigenvalue weighted by molar-refractivity contribution is 5.85. The van der Waals surface area contributed by atoms with Gasteiger partial charge in [-0.15, -0.1) is 0 Å². The Bertz CT molecular complexity index is 552. The number of likely N-dealkylation sites (tertiary alicyclic amines) is 1. The first kappa shape index (κ1) is 11.5. The maximum Gasteiger partial charge on any atom is 0.209 e. The number of para-hydroxylation sites is 1. The molecule has 2 heterocycles. The number of aliphatic hydroxyl groups excluding tert-OH is 1. The third kappa shape index (κ3) is 2.19. The second-order valence-corrected chi connectivity index (χ2v) is 4.83. The van der Waals surface area contributed by atoms with Gasteiger partial charge in [-0.1, -0.05) is 6.07 Å². The highest BCUT2D eigenvalue weighted by atomic mass is 16.3. The van der Waals surface area contributed by atoms with E-state index in [0.717, 1.165) is 30.5 Å². The smallest absolute Gasteiger partial charge is 0.209 e. The van der Waals surface area contributed by atoms with Gasteiger partial charge in [0.15, 0.2) is 5.58 Å². The van der Waals surface area contributed by atoms with Crippen LogP contribution in [-0.2, 0) is 6.54 Å². The number of piperidine rings is 1. The van der Waals surface area contributed by atoms with Gasteiger partial charge in [0.1, 0.15) is 5.52 Å². The zero-order chi connectivity index (χ0) is 12.5. The fraction of sp³-hybridized carbons (Fsp3) is 0.462. The summed E-state index contributed by atoms with van der Waals surface area (Å²) in [5, 5.41) is 9.63. The number of nitrogens with two attached hydrogens (primary N) is 1. The van der Waals surface area contributed by atoms with Crippen LogP contribution in [-0.4, -0.2) is 34.2 Å². The molecule has 0 amide bonds. The van der Waals surface area contributed by atoms with E-state index in [1.165, 1.54) is 0 Å². The van der Waals surface area contributed by atoms with Crippen LogP contribution in [0.5, 0.6) is 0 Å². The lowest BCUT2D eigenvalue weighted by atomic mass is 10.1. The Balaban J connectivity index is 1.80. The van der Waals surface area contributed by atoms with Crippen LogP contribution in [0, 0.1) is 0 Å². The molecule has 0 spiro atoms. The largest absolute Gasteiger partial charge is 0.439 e. The Morgan fingerprint density at radius 3 is 3.17 bits per heavy atom. The van der Waals surface area contributed by atoms with Gasteiger partial charge in [-0.3, -0.25) is 4.90 Å². The van der Waals surface area contributed by atoms with E-state index in [1.807, 2.05) is 18.2 Å². The Hall–Kier alpha value is -1.59. The molecular formula is C13H17N3O2. The predicted octanol–water partition coefficient (Wildman–Crippen LogP) is 1.37. The molecule has 0 saturated carbocycles. The van der Waals surface area contributed by atoms with Crippen LogP contribution < -0.4 is 5.73 Å². The van der Waals surface area contributed by atoms with Crippen molar-refractivity contribution in [3.05, 3.63) is 24.1 Å². The minimum absolute atomic E-state index is 0.229. The average molecular weight is 247 g/mol. The second-order valence-electron chi connectivity index (χ2n) is 4.83. The molecule has 3 rings (SSSR count). The Labute approximate surface area is 105 Å². The summed E-state index contributed by atoms with van der Waals surface area (Å²) in [7, 11) is 0. The molecule has 1 aliphatic heterocycles. The lowest BCUT2D eigenvalue weighted by Crippen LogP contribution is -2.37. The number of β-amino-alcohol motifs (C(OH)–C–C–N with tert-alkyl or cyclic N) is 1. The summed E-state index contributed by atoms with van der Waals surface area (Å²) in [6.45, 7) is 2.30. The fourth-order valence-corrected chi connectivity index (χ4v) is 2.45. The van der Waals surface area contributed by atoms with Crippen molar-refractivity contribution >= 4 is 16.8 Å². The molecule has 2 aromatic rings. The van der Waals surface area contributed by atoms with Crippen LogP contribution in [0.3, 0.4) is 0 Å². The number of nitrogen functional groups attached to an aromatic ring is 1. The molecular weight excluding hydrogens is 230 g/mol. The van der Waals surface area contributed by atoms with E-state index in [-0.39, 0.29) is 6.10 Å². The number of nitrogens with zero attached hydrogens (tertiary/aromatic N) is 2. The first-order valence-electron chi connectivity index (χ1n) is 6.27. The summed E-state index contributed by atoms with van der Waals surface area (Å²) in [5.41, 5.74) is 7.94. The Kier molecular flexibility index (Phi) is 2.93. The van der Waals surface area contributed by atoms with E-state index in [2.05, 4.69) is 9.88 Å². The van der Waals surface area contributed by atoms with Gasteiger partial charge in [0, 0.05) is 6.54 Å². The molecule has 1 saturated heterocycles. The number of anilines is 1. The topological polar surface area (TPSA) is 75.5 Å². The van der Waals surface area contributed by atoms with E-state index in [9.17, 15) is 5.11 Å². The maximum atomic E-state index is 9.63. The second kappa shape index (κ2) is 4.59. The summed E-state index contributed by atoms with van der Waals surface area (Å²) in [6.07, 6.45) is 1.67. The zero-order valence-corrected chi connectivity index (χ0v) is 10.2. The molecule has 0 radical (unpaired) electrons. The molecule has 0 bridgehead atoms. The quantitative estimate of drug-likeness (QED) is 0.784. The summed E-state index contributed by atoms with van der Waals surface area (Å²) >= 11 is 0. The van der Waals surface area contributed by atoms with Gasteiger partial charge in [-0.05, 0) is 31.5 Å². The van der Waals surface area contributed by atoms with E-state index in [4.69, 9.17) is 10.2 Å². The van der Waals surface area contributed by atoms with E-state index >= 15 is 0 Å². The van der Waals surface area contributed by atoms with E-state index in [0.29, 0.717) is 24.7 Å². The molecule has 5 heteroatoms. The molecule has 1 aromatic heterocycles. The lowest BCUT2D eigenvalue weighted by molar-refractivity contribution is 0.0627. The van der Waals surface area contributed by atoms with Crippen molar-refractivity contribution in [1.82, 2.24) is 9.88 Å². The molecule has 5 nitrogen and oxygen atoms in total. The highest BCUT2D eigenvalue weighted by Crippen LogP contribution is 2.22. The normalized spacial score (nSPS) is 21.5. The number of hydrogen-bond donors (Lipinski definition) is 2. The average Bonchev–Trinajstić information content (AvgIpc) is 2.73. The number of oxazole rings is 1. The summed E-state index contributed by atoms with van der Waals surface area (Å²) in [5.74, 6) is 0.664. The van der Waals surface area contributed by atoms with Gasteiger partial charge in [-0.2, -0.15) is 0 Å². The SMILES string of the molecule is Nc1cccc2oc(CN3CCCC(O)C3)nc12. The van der Waals surface area contributed by atoms with Crippen molar-refractivity contribution in [3.63, 3.8) is 0 Å². The monoisotopic (exact) mass is 247 g/mol. The van der Waals surface area contributed by atoms with Crippen molar-refractivity contribution < 1.29 is 9.52 Å². The molecule has 1 atom stereocenters. The summed E-state index contributed by atoms with van der Waals surface area (Å²) in [6, 6.07) is 5.55. The van der Waals surface area contributed by atoms with E-state index < -0.39 is 0 Å². The van der Waals surface area contributed by atoms with Crippen molar-refractivity contribution in [2.45, 2.75) is 25.5 Å². The van der Waals surface area contributed by atoms with Crippen LogP contribution in [0.2, 0.25) is 0 Å². The van der Waals surface area contributed by atoms with Gasteiger partial charge in [-0.25, -0.2) is 4.98 Å². The third-order valence-electron chi connectivity index (χ3n) is 3.33. The molecule has 3 N–H and O–H groups in total. The van der Waals surface area contributed by atoms with E-state index in [1.54, 1.807) is 0 Å². The maximum absolute atomic E-state index is 9.63. The van der Waals surface area contributed by atoms with Crippen LogP contribution in [0.15, 0.2) is 22.6 Å². The van der Waals surface area contributed by atoms with Crippen LogP contribution in [0.1, 0.15) is 18.7 Å². The van der Waals surface area contributed by atoms with Crippen molar-refractivity contribution in [3.8, 4) is 0 Å². The number of benzene rings is 1. The highest BCUT2D eigenvalue weighted by Gasteiger charge is 2.19. The molecule has 1 aromatic carbocycles. The summed E-state index contributed by atoms with van der Waals surface area (Å²) < 4.78 is 5.67. The van der Waals surface area contributed by atoms with Gasteiger partial charge in [0.2, 0.25) is 5.89 Å². The van der Waals surface area contributed by atoms with Crippen LogP contribution in [0.25, 0.3) is 11.1 Å². The van der Waals surface area contributed by atoms with Crippen molar-refractivity contribution in [2.75, 3.05) is 18.8 Å². The molecule has 0 aliphatic carbocycles. The van der Waals surface area contributed by atoms with Gasteiger partial charge in [0.25, 0.3) is 0 Å². The fourth-order valence-electron chi connectivity index (χ4n) is 2.45. The third-order valence-corrected chi connectivity index (χ3v) is 3.33.